The average molecular weight is 217 g/mol. The van der Waals surface area contributed by atoms with E-state index in [2.05, 4.69) is 27.4 Å². The van der Waals surface area contributed by atoms with Gasteiger partial charge in [-0.1, -0.05) is 6.58 Å². The minimum absolute atomic E-state index is 0.246. The lowest BCUT2D eigenvalue weighted by Gasteiger charge is -2.22. The maximum absolute atomic E-state index is 11.2. The van der Waals surface area contributed by atoms with Crippen LogP contribution in [0.1, 0.15) is 27.7 Å². The van der Waals surface area contributed by atoms with Crippen LogP contribution >= 0.6 is 7.26 Å². The van der Waals surface area contributed by atoms with Crippen LogP contribution in [0.25, 0.3) is 0 Å². The lowest BCUT2D eigenvalue weighted by Crippen LogP contribution is -2.14. The van der Waals surface area contributed by atoms with E-state index in [1.165, 1.54) is 0 Å². The molecule has 0 fully saturated rings. The lowest BCUT2D eigenvalue weighted by atomic mass is 10.4. The highest BCUT2D eigenvalue weighted by molar-refractivity contribution is 7.75. The Morgan fingerprint density at radius 3 is 1.93 bits per heavy atom. The molecule has 0 heterocycles. The van der Waals surface area contributed by atoms with Gasteiger partial charge < -0.3 is 4.74 Å². The molecule has 14 heavy (non-hydrogen) atoms. The van der Waals surface area contributed by atoms with Crippen LogP contribution in [0.2, 0.25) is 0 Å². The Hall–Kier alpha value is -0.360. The summed E-state index contributed by atoms with van der Waals surface area (Å²) >= 11 is 0. The molecule has 2 nitrogen and oxygen atoms in total. The number of ether oxygens (including phenoxy) is 1. The highest BCUT2D eigenvalue weighted by Crippen LogP contribution is 2.57. The zero-order valence-electron chi connectivity index (χ0n) is 9.80. The number of carbonyl (C=O) groups is 1. The van der Waals surface area contributed by atoms with Crippen molar-refractivity contribution in [3.05, 3.63) is 12.2 Å². The predicted molar refractivity (Wildman–Crippen MR) is 64.3 cm³/mol. The predicted octanol–water partition coefficient (Wildman–Crippen LogP) is 3.14. The number of hydrogen-bond acceptors (Lipinski definition) is 2. The third-order valence-corrected chi connectivity index (χ3v) is 7.53. The van der Waals surface area contributed by atoms with E-state index in [9.17, 15) is 4.79 Å². The van der Waals surface area contributed by atoms with Crippen LogP contribution in [-0.4, -0.2) is 30.8 Å². The van der Waals surface area contributed by atoms with Gasteiger partial charge in [-0.25, -0.2) is 4.79 Å². The molecule has 0 spiro atoms. The minimum Gasteiger partial charge on any atom is -0.427 e. The molecule has 0 aromatic heterocycles. The van der Waals surface area contributed by atoms with Crippen molar-refractivity contribution in [2.75, 3.05) is 24.8 Å². The van der Waals surface area contributed by atoms with Crippen LogP contribution in [0.3, 0.4) is 0 Å². The van der Waals surface area contributed by atoms with E-state index in [0.29, 0.717) is 11.9 Å². The maximum Gasteiger partial charge on any atom is 0.336 e. The molecule has 0 aliphatic carbocycles. The van der Waals surface area contributed by atoms with E-state index in [-0.39, 0.29) is 5.97 Å². The fourth-order valence-electron chi connectivity index (χ4n) is 1.26. The molecule has 0 N–H and O–H groups in total. The molecule has 0 aromatic carbocycles. The quantitative estimate of drug-likeness (QED) is 0.388. The molecule has 82 valence electrons. The third-order valence-electron chi connectivity index (χ3n) is 2.83. The minimum atomic E-state index is -1.02. The summed E-state index contributed by atoms with van der Waals surface area (Å²) in [4.78, 5) is 11.2. The van der Waals surface area contributed by atoms with Gasteiger partial charge in [-0.3, -0.25) is 0 Å². The van der Waals surface area contributed by atoms with Gasteiger partial charge in [0.2, 0.25) is 0 Å². The molecule has 0 rings (SSSR count). The van der Waals surface area contributed by atoms with Gasteiger partial charge in [-0.15, -0.1) is 0 Å². The van der Waals surface area contributed by atoms with Gasteiger partial charge in [-0.2, -0.15) is 0 Å². The molecule has 0 atom stereocenters. The fraction of sp³-hybridized carbons (Fsp3) is 0.727. The number of carbonyl (C=O) groups excluding carboxylic acids is 1. The van der Waals surface area contributed by atoms with E-state index in [0.717, 1.165) is 18.5 Å². The molecule has 0 aliphatic heterocycles. The van der Waals surface area contributed by atoms with Crippen molar-refractivity contribution in [2.24, 2.45) is 0 Å². The van der Waals surface area contributed by atoms with Crippen LogP contribution in [0, 0.1) is 0 Å². The van der Waals surface area contributed by atoms with E-state index in [1.807, 2.05) is 0 Å². The molecule has 0 aromatic rings. The first-order valence-electron chi connectivity index (χ1n) is 5.19. The molecule has 3 heteroatoms. The van der Waals surface area contributed by atoms with Gasteiger partial charge in [0, 0.05) is 5.57 Å². The Morgan fingerprint density at radius 2 is 1.64 bits per heavy atom. The molecule has 0 unspecified atom stereocenters. The third kappa shape index (κ3) is 3.79. The summed E-state index contributed by atoms with van der Waals surface area (Å²) in [5.74, 6) is -0.246. The van der Waals surface area contributed by atoms with Crippen molar-refractivity contribution in [2.45, 2.75) is 27.7 Å². The molecule has 0 amide bonds. The van der Waals surface area contributed by atoms with Gasteiger partial charge in [0.05, 0.1) is 25.7 Å². The maximum atomic E-state index is 11.2. The monoisotopic (exact) mass is 217 g/mol. The zero-order valence-corrected chi connectivity index (χ0v) is 10.7. The largest absolute Gasteiger partial charge is 0.427 e. The molecule has 0 bridgehead atoms. The summed E-state index contributed by atoms with van der Waals surface area (Å²) in [5, 5.41) is 0. The van der Waals surface area contributed by atoms with Crippen molar-refractivity contribution in [1.82, 2.24) is 0 Å². The summed E-state index contributed by atoms with van der Waals surface area (Å²) in [6, 6.07) is 0. The summed E-state index contributed by atoms with van der Waals surface area (Å²) in [6.45, 7) is 11.8. The van der Waals surface area contributed by atoms with Crippen molar-refractivity contribution < 1.29 is 9.53 Å². The first kappa shape index (κ1) is 13.6. The molecular weight excluding hydrogens is 195 g/mol. The second kappa shape index (κ2) is 6.19. The zero-order chi connectivity index (χ0) is 11.2. The van der Waals surface area contributed by atoms with Crippen LogP contribution in [0.4, 0.5) is 0 Å². The normalized spacial score (nSPS) is 11.1. The second-order valence-electron chi connectivity index (χ2n) is 3.63. The Balaban J connectivity index is 4.19. The Bertz CT molecular complexity index is 199. The summed E-state index contributed by atoms with van der Waals surface area (Å²) in [5.41, 5.74) is 0.492. The van der Waals surface area contributed by atoms with E-state index < -0.39 is 7.26 Å². The molecule has 0 saturated carbocycles. The Kier molecular flexibility index (Phi) is 6.03. The first-order valence-corrected chi connectivity index (χ1v) is 7.72. The van der Waals surface area contributed by atoms with Crippen LogP contribution < -0.4 is 0 Å². The van der Waals surface area contributed by atoms with Crippen molar-refractivity contribution in [1.29, 1.82) is 0 Å². The van der Waals surface area contributed by atoms with Gasteiger partial charge >= 0.3 is 5.97 Å². The standard InChI is InChI=1S/C11H22O2P/c1-6-14(7-2,8-3)9-13-11(12)10(4)5/h4,6-9H2,1-3,5H3/q+1. The second-order valence-corrected chi connectivity index (χ2v) is 8.47. The lowest BCUT2D eigenvalue weighted by molar-refractivity contribution is -0.136. The Morgan fingerprint density at radius 1 is 1.21 bits per heavy atom. The average Bonchev–Trinajstić information content (AvgIpc) is 2.20. The number of esters is 1. The van der Waals surface area contributed by atoms with Gasteiger partial charge in [0.25, 0.3) is 0 Å². The molecule has 0 aliphatic rings. The van der Waals surface area contributed by atoms with Crippen LogP contribution in [0.5, 0.6) is 0 Å². The van der Waals surface area contributed by atoms with Crippen molar-refractivity contribution in [3.8, 4) is 0 Å². The number of rotatable bonds is 6. The summed E-state index contributed by atoms with van der Waals surface area (Å²) < 4.78 is 5.25. The topological polar surface area (TPSA) is 26.3 Å². The van der Waals surface area contributed by atoms with Crippen LogP contribution in [-0.2, 0) is 9.53 Å². The van der Waals surface area contributed by atoms with Gasteiger partial charge in [0.1, 0.15) is 0 Å². The summed E-state index contributed by atoms with van der Waals surface area (Å²) in [6.07, 6.45) is 4.10. The Labute approximate surface area is 88.1 Å². The fourth-order valence-corrected chi connectivity index (χ4v) is 3.54. The first-order chi connectivity index (χ1) is 6.51. The molecular formula is C11H22O2P+. The highest BCUT2D eigenvalue weighted by Gasteiger charge is 2.32. The van der Waals surface area contributed by atoms with Gasteiger partial charge in [0.15, 0.2) is 6.35 Å². The van der Waals surface area contributed by atoms with E-state index in [4.69, 9.17) is 4.74 Å². The highest BCUT2D eigenvalue weighted by atomic mass is 31.2. The van der Waals surface area contributed by atoms with Crippen LogP contribution in [0.15, 0.2) is 12.2 Å². The smallest absolute Gasteiger partial charge is 0.336 e. The van der Waals surface area contributed by atoms with Crippen molar-refractivity contribution >= 4 is 13.2 Å². The molecule has 0 radical (unpaired) electrons. The van der Waals surface area contributed by atoms with Gasteiger partial charge in [-0.05, 0) is 27.7 Å². The van der Waals surface area contributed by atoms with E-state index >= 15 is 0 Å². The SMILES string of the molecule is C=C(C)C(=O)OC[P+](CC)(CC)CC. The summed E-state index contributed by atoms with van der Waals surface area (Å²) in [7, 11) is -1.02. The van der Waals surface area contributed by atoms with Crippen molar-refractivity contribution in [3.63, 3.8) is 0 Å². The molecule has 0 saturated heterocycles. The van der Waals surface area contributed by atoms with E-state index in [1.54, 1.807) is 6.92 Å². The number of hydrogen-bond donors (Lipinski definition) is 0.